The summed E-state index contributed by atoms with van der Waals surface area (Å²) >= 11 is 0. The summed E-state index contributed by atoms with van der Waals surface area (Å²) in [5, 5.41) is 11.6. The average molecular weight is 325 g/mol. The van der Waals surface area contributed by atoms with Crippen molar-refractivity contribution >= 4 is 22.6 Å². The van der Waals surface area contributed by atoms with Crippen LogP contribution in [0.4, 0.5) is 5.69 Å². The maximum absolute atomic E-state index is 12.4. The van der Waals surface area contributed by atoms with E-state index in [1.54, 1.807) is 36.4 Å². The van der Waals surface area contributed by atoms with Gasteiger partial charge in [0.05, 0.1) is 17.6 Å². The number of aromatic nitrogens is 2. The van der Waals surface area contributed by atoms with E-state index in [4.69, 9.17) is 9.84 Å². The highest BCUT2D eigenvalue weighted by molar-refractivity contribution is 6.06. The number of carbonyl (C=O) groups is 1. The van der Waals surface area contributed by atoms with Crippen molar-refractivity contribution < 1.29 is 14.6 Å². The number of fused-ring (bicyclic) bond motifs is 1. The van der Waals surface area contributed by atoms with Gasteiger partial charge in [0.15, 0.2) is 0 Å². The van der Waals surface area contributed by atoms with Crippen molar-refractivity contribution in [3.8, 4) is 5.75 Å². The lowest BCUT2D eigenvalue weighted by Gasteiger charge is -2.08. The Labute approximate surface area is 139 Å². The van der Waals surface area contributed by atoms with Crippen LogP contribution in [0.3, 0.4) is 0 Å². The van der Waals surface area contributed by atoms with E-state index in [1.807, 2.05) is 24.6 Å². The van der Waals surface area contributed by atoms with Crippen LogP contribution in [0.25, 0.3) is 11.0 Å². The van der Waals surface area contributed by atoms with Crippen molar-refractivity contribution in [2.45, 2.75) is 6.92 Å². The van der Waals surface area contributed by atoms with E-state index in [0.717, 1.165) is 16.9 Å². The maximum atomic E-state index is 12.4. The van der Waals surface area contributed by atoms with Crippen LogP contribution in [0, 0.1) is 6.92 Å². The molecule has 3 rings (SSSR count). The molecule has 124 valence electrons. The van der Waals surface area contributed by atoms with Gasteiger partial charge in [-0.1, -0.05) is 0 Å². The molecule has 6 nitrogen and oxygen atoms in total. The van der Waals surface area contributed by atoms with Crippen molar-refractivity contribution in [3.05, 3.63) is 53.9 Å². The van der Waals surface area contributed by atoms with Crippen LogP contribution in [0.1, 0.15) is 16.2 Å². The Morgan fingerprint density at radius 1 is 1.25 bits per heavy atom. The Bertz CT molecular complexity index is 869. The van der Waals surface area contributed by atoms with Gasteiger partial charge in [0, 0.05) is 18.3 Å². The molecule has 0 atom stereocenters. The van der Waals surface area contributed by atoms with Gasteiger partial charge in [-0.3, -0.25) is 4.79 Å². The zero-order valence-corrected chi connectivity index (χ0v) is 13.6. The third kappa shape index (κ3) is 3.23. The average Bonchev–Trinajstić information content (AvgIpc) is 2.88. The summed E-state index contributed by atoms with van der Waals surface area (Å²) in [6.07, 6.45) is 0. The first-order valence-electron chi connectivity index (χ1n) is 7.66. The largest absolute Gasteiger partial charge is 0.491 e. The van der Waals surface area contributed by atoms with E-state index in [-0.39, 0.29) is 19.1 Å². The lowest BCUT2D eigenvalue weighted by atomic mass is 10.2. The molecule has 3 aromatic rings. The van der Waals surface area contributed by atoms with Gasteiger partial charge in [0.25, 0.3) is 5.91 Å². The second-order valence-corrected chi connectivity index (χ2v) is 5.47. The molecule has 6 heteroatoms. The number of benzene rings is 2. The number of carbonyl (C=O) groups excluding carboxylic acids is 1. The predicted molar refractivity (Wildman–Crippen MR) is 92.4 cm³/mol. The highest BCUT2D eigenvalue weighted by Crippen LogP contribution is 2.19. The molecule has 0 aliphatic heterocycles. The van der Waals surface area contributed by atoms with E-state index in [0.29, 0.717) is 17.0 Å². The number of ether oxygens (including phenoxy) is 1. The maximum Gasteiger partial charge on any atom is 0.255 e. The first-order chi connectivity index (χ1) is 11.6. The molecule has 0 fully saturated rings. The molecule has 0 aliphatic rings. The number of rotatable bonds is 5. The smallest absolute Gasteiger partial charge is 0.255 e. The monoisotopic (exact) mass is 325 g/mol. The fourth-order valence-electron chi connectivity index (χ4n) is 2.46. The third-order valence-electron chi connectivity index (χ3n) is 3.84. The highest BCUT2D eigenvalue weighted by Gasteiger charge is 2.10. The van der Waals surface area contributed by atoms with E-state index in [1.165, 1.54) is 0 Å². The van der Waals surface area contributed by atoms with Gasteiger partial charge < -0.3 is 19.7 Å². The first-order valence-corrected chi connectivity index (χ1v) is 7.66. The molecule has 0 saturated heterocycles. The number of anilines is 1. The van der Waals surface area contributed by atoms with Gasteiger partial charge in [0.1, 0.15) is 18.2 Å². The van der Waals surface area contributed by atoms with Crippen molar-refractivity contribution in [2.24, 2.45) is 7.05 Å². The van der Waals surface area contributed by atoms with Gasteiger partial charge in [-0.05, 0) is 49.4 Å². The molecule has 2 N–H and O–H groups in total. The number of hydrogen-bond acceptors (Lipinski definition) is 4. The normalized spacial score (nSPS) is 10.8. The summed E-state index contributed by atoms with van der Waals surface area (Å²) in [7, 11) is 1.95. The van der Waals surface area contributed by atoms with Gasteiger partial charge in [-0.2, -0.15) is 0 Å². The molecule has 0 bridgehead atoms. The molecule has 1 amide bonds. The Kier molecular flexibility index (Phi) is 4.48. The van der Waals surface area contributed by atoms with Crippen LogP contribution in [0.5, 0.6) is 5.75 Å². The molecule has 24 heavy (non-hydrogen) atoms. The number of nitrogens with zero attached hydrogens (tertiary/aromatic N) is 2. The fourth-order valence-corrected chi connectivity index (χ4v) is 2.46. The number of nitrogens with one attached hydrogen (secondary N) is 1. The third-order valence-corrected chi connectivity index (χ3v) is 3.84. The van der Waals surface area contributed by atoms with Crippen LogP contribution in [-0.2, 0) is 7.05 Å². The highest BCUT2D eigenvalue weighted by atomic mass is 16.5. The minimum absolute atomic E-state index is 0.0338. The number of hydrogen-bond donors (Lipinski definition) is 2. The Morgan fingerprint density at radius 3 is 2.71 bits per heavy atom. The Morgan fingerprint density at radius 2 is 2.00 bits per heavy atom. The summed E-state index contributed by atoms with van der Waals surface area (Å²) in [4.78, 5) is 16.8. The zero-order chi connectivity index (χ0) is 17.1. The van der Waals surface area contributed by atoms with Crippen LogP contribution in [-0.4, -0.2) is 33.8 Å². The van der Waals surface area contributed by atoms with Gasteiger partial charge in [-0.15, -0.1) is 0 Å². The minimum atomic E-state index is -0.191. The van der Waals surface area contributed by atoms with E-state index in [2.05, 4.69) is 10.3 Å². The molecule has 1 aromatic heterocycles. The lowest BCUT2D eigenvalue weighted by molar-refractivity contribution is 0.102. The number of imidazole rings is 1. The zero-order valence-electron chi connectivity index (χ0n) is 13.6. The minimum Gasteiger partial charge on any atom is -0.491 e. The number of amides is 1. The summed E-state index contributed by atoms with van der Waals surface area (Å²) in [6, 6.07) is 12.5. The molecule has 0 unspecified atom stereocenters. The number of aliphatic hydroxyl groups excluding tert-OH is 1. The molecule has 0 saturated carbocycles. The molecular formula is C18H19N3O3. The van der Waals surface area contributed by atoms with Crippen LogP contribution < -0.4 is 10.1 Å². The predicted octanol–water partition coefficient (Wildman–Crippen LogP) is 2.51. The van der Waals surface area contributed by atoms with Crippen LogP contribution in [0.15, 0.2) is 42.5 Å². The van der Waals surface area contributed by atoms with E-state index < -0.39 is 0 Å². The van der Waals surface area contributed by atoms with Crippen molar-refractivity contribution in [2.75, 3.05) is 18.5 Å². The summed E-state index contributed by atoms with van der Waals surface area (Å²) < 4.78 is 7.28. The fraction of sp³-hybridized carbons (Fsp3) is 0.222. The first kappa shape index (κ1) is 16.0. The second kappa shape index (κ2) is 6.72. The summed E-state index contributed by atoms with van der Waals surface area (Å²) in [5.41, 5.74) is 3.03. The van der Waals surface area contributed by atoms with E-state index >= 15 is 0 Å². The molecule has 0 radical (unpaired) electrons. The standard InChI is InChI=1S/C18H19N3O3/c1-12-19-16-11-13(3-8-17(16)21(12)2)18(23)20-14-4-6-15(7-5-14)24-10-9-22/h3-8,11,22H,9-10H2,1-2H3,(H,20,23). The van der Waals surface area contributed by atoms with Gasteiger partial charge in [0.2, 0.25) is 0 Å². The molecule has 1 heterocycles. The number of aliphatic hydroxyl groups is 1. The molecule has 0 aliphatic carbocycles. The Balaban J connectivity index is 1.74. The number of aryl methyl sites for hydroxylation is 2. The Hall–Kier alpha value is -2.86. The van der Waals surface area contributed by atoms with Crippen LogP contribution >= 0.6 is 0 Å². The van der Waals surface area contributed by atoms with Crippen molar-refractivity contribution in [3.63, 3.8) is 0 Å². The summed E-state index contributed by atoms with van der Waals surface area (Å²) in [6.45, 7) is 2.14. The second-order valence-electron chi connectivity index (χ2n) is 5.47. The van der Waals surface area contributed by atoms with Crippen molar-refractivity contribution in [1.82, 2.24) is 9.55 Å². The molecule has 0 spiro atoms. The molecule has 2 aromatic carbocycles. The van der Waals surface area contributed by atoms with Gasteiger partial charge in [-0.25, -0.2) is 4.98 Å². The lowest BCUT2D eigenvalue weighted by Crippen LogP contribution is -2.11. The van der Waals surface area contributed by atoms with Crippen molar-refractivity contribution in [1.29, 1.82) is 0 Å². The van der Waals surface area contributed by atoms with Gasteiger partial charge >= 0.3 is 0 Å². The quantitative estimate of drug-likeness (QED) is 0.756. The van der Waals surface area contributed by atoms with E-state index in [9.17, 15) is 4.79 Å². The molecular weight excluding hydrogens is 306 g/mol. The SMILES string of the molecule is Cc1nc2cc(C(=O)Nc3ccc(OCCO)cc3)ccc2n1C. The topological polar surface area (TPSA) is 76.4 Å². The van der Waals surface area contributed by atoms with Crippen LogP contribution in [0.2, 0.25) is 0 Å². The summed E-state index contributed by atoms with van der Waals surface area (Å²) in [5.74, 6) is 1.36.